The van der Waals surface area contributed by atoms with Crippen LogP contribution < -0.4 is 10.1 Å². The molecule has 0 spiro atoms. The molecule has 2 saturated carbocycles. The van der Waals surface area contributed by atoms with E-state index in [2.05, 4.69) is 38.7 Å². The molecule has 1 aromatic carbocycles. The summed E-state index contributed by atoms with van der Waals surface area (Å²) in [7, 11) is 1.74. The molecule has 5 nitrogen and oxygen atoms in total. The molecule has 6 rings (SSSR count). The first-order valence-corrected chi connectivity index (χ1v) is 9.55. The Kier molecular flexibility index (Phi) is 2.93. The van der Waals surface area contributed by atoms with Crippen molar-refractivity contribution in [2.45, 2.75) is 31.2 Å². The average Bonchev–Trinajstić information content (AvgIpc) is 3.42. The van der Waals surface area contributed by atoms with Gasteiger partial charge in [-0.3, -0.25) is 10.1 Å². The molecule has 0 amide bonds. The summed E-state index contributed by atoms with van der Waals surface area (Å²) in [6, 6.07) is 6.77. The highest BCUT2D eigenvalue weighted by molar-refractivity contribution is 5.88. The van der Waals surface area contributed by atoms with Crippen molar-refractivity contribution in [2.75, 3.05) is 12.4 Å². The standard InChI is InChI=1S/C21H22N4O/c1-26-17-10-22-7-6-13(17)21-19-12-3-2-11(8-12)18(19)20-14-9-23-25-15(14)4-5-16(20)24-21/h4-7,9-12,18-19,21,24H,2-3,8H2,1H3,(H,23,25)/t11?,12-,18-,19+,21-/m0/s1. The molecule has 5 heteroatoms. The Morgan fingerprint density at radius 1 is 1.12 bits per heavy atom. The SMILES string of the molecule is COc1cnccc1[C@@H]1Nc2ccc3[nH]ncc3c2[C@H]2C3CC[C@@H](C3)[C@@H]12. The Hall–Kier alpha value is -2.56. The number of nitrogens with one attached hydrogen (secondary N) is 2. The lowest BCUT2D eigenvalue weighted by atomic mass is 9.67. The summed E-state index contributed by atoms with van der Waals surface area (Å²) < 4.78 is 5.66. The lowest BCUT2D eigenvalue weighted by Crippen LogP contribution is -2.35. The molecule has 1 unspecified atom stereocenters. The van der Waals surface area contributed by atoms with Crippen molar-refractivity contribution < 1.29 is 4.74 Å². The number of aromatic amines is 1. The van der Waals surface area contributed by atoms with E-state index in [9.17, 15) is 0 Å². The second kappa shape index (κ2) is 5.22. The van der Waals surface area contributed by atoms with E-state index in [1.54, 1.807) is 7.11 Å². The Bertz CT molecular complexity index is 997. The Balaban J connectivity index is 1.57. The second-order valence-electron chi connectivity index (χ2n) is 8.03. The van der Waals surface area contributed by atoms with Crippen molar-refractivity contribution in [3.8, 4) is 5.75 Å². The van der Waals surface area contributed by atoms with E-state index in [1.807, 2.05) is 18.6 Å². The fourth-order valence-corrected chi connectivity index (χ4v) is 6.14. The lowest BCUT2D eigenvalue weighted by molar-refractivity contribution is 0.245. The number of hydrogen-bond acceptors (Lipinski definition) is 4. The van der Waals surface area contributed by atoms with E-state index < -0.39 is 0 Å². The summed E-state index contributed by atoms with van der Waals surface area (Å²) in [6.45, 7) is 0. The predicted octanol–water partition coefficient (Wildman–Crippen LogP) is 4.26. The largest absolute Gasteiger partial charge is 0.495 e. The van der Waals surface area contributed by atoms with Gasteiger partial charge in [0, 0.05) is 22.8 Å². The van der Waals surface area contributed by atoms with E-state index >= 15 is 0 Å². The van der Waals surface area contributed by atoms with Crippen molar-refractivity contribution in [2.24, 2.45) is 17.8 Å². The number of H-pyrrole nitrogens is 1. The first-order chi connectivity index (χ1) is 12.8. The summed E-state index contributed by atoms with van der Waals surface area (Å²) in [5.74, 6) is 3.68. The van der Waals surface area contributed by atoms with Crippen LogP contribution in [0.4, 0.5) is 5.69 Å². The third-order valence-electron chi connectivity index (χ3n) is 7.05. The number of methoxy groups -OCH3 is 1. The highest BCUT2D eigenvalue weighted by atomic mass is 16.5. The van der Waals surface area contributed by atoms with Crippen LogP contribution in [0, 0.1) is 17.8 Å². The zero-order valence-corrected chi connectivity index (χ0v) is 14.8. The minimum Gasteiger partial charge on any atom is -0.495 e. The van der Waals surface area contributed by atoms with Gasteiger partial charge in [-0.25, -0.2) is 0 Å². The number of fused-ring (bicyclic) bond motifs is 9. The third kappa shape index (κ3) is 1.81. The Morgan fingerprint density at radius 3 is 2.96 bits per heavy atom. The zero-order valence-electron chi connectivity index (χ0n) is 14.8. The molecule has 5 atom stereocenters. The van der Waals surface area contributed by atoms with E-state index in [4.69, 9.17) is 4.74 Å². The maximum Gasteiger partial charge on any atom is 0.142 e. The molecule has 3 aromatic rings. The van der Waals surface area contributed by atoms with Gasteiger partial charge in [-0.1, -0.05) is 0 Å². The number of nitrogens with zero attached hydrogens (tertiary/aromatic N) is 2. The number of ether oxygens (including phenoxy) is 1. The number of anilines is 1. The molecule has 2 aliphatic carbocycles. The number of hydrogen-bond donors (Lipinski definition) is 2. The minimum absolute atomic E-state index is 0.283. The summed E-state index contributed by atoms with van der Waals surface area (Å²) >= 11 is 0. The van der Waals surface area contributed by atoms with Crippen LogP contribution in [0.2, 0.25) is 0 Å². The van der Waals surface area contributed by atoms with Crippen LogP contribution in [0.5, 0.6) is 5.75 Å². The van der Waals surface area contributed by atoms with E-state index in [-0.39, 0.29) is 6.04 Å². The Morgan fingerprint density at radius 2 is 2.04 bits per heavy atom. The van der Waals surface area contributed by atoms with Crippen LogP contribution in [0.1, 0.15) is 42.3 Å². The summed E-state index contributed by atoms with van der Waals surface area (Å²) in [4.78, 5) is 4.26. The lowest BCUT2D eigenvalue weighted by Gasteiger charge is -2.44. The van der Waals surface area contributed by atoms with Crippen molar-refractivity contribution in [1.29, 1.82) is 0 Å². The van der Waals surface area contributed by atoms with Gasteiger partial charge < -0.3 is 10.1 Å². The molecule has 2 bridgehead atoms. The monoisotopic (exact) mass is 346 g/mol. The molecule has 132 valence electrons. The molecule has 2 fully saturated rings. The van der Waals surface area contributed by atoms with Crippen LogP contribution in [0.3, 0.4) is 0 Å². The molecule has 3 heterocycles. The number of benzene rings is 1. The van der Waals surface area contributed by atoms with E-state index in [0.717, 1.165) is 23.1 Å². The maximum absolute atomic E-state index is 5.66. The average molecular weight is 346 g/mol. The highest BCUT2D eigenvalue weighted by Gasteiger charge is 2.54. The van der Waals surface area contributed by atoms with Gasteiger partial charge in [-0.05, 0) is 66.7 Å². The van der Waals surface area contributed by atoms with Gasteiger partial charge in [0.05, 0.1) is 31.1 Å². The highest BCUT2D eigenvalue weighted by Crippen LogP contribution is 2.64. The molecular weight excluding hydrogens is 324 g/mol. The van der Waals surface area contributed by atoms with Gasteiger partial charge in [0.25, 0.3) is 0 Å². The quantitative estimate of drug-likeness (QED) is 0.728. The summed E-state index contributed by atoms with van der Waals surface area (Å²) in [6.07, 6.45) is 9.80. The second-order valence-corrected chi connectivity index (χ2v) is 8.03. The predicted molar refractivity (Wildman–Crippen MR) is 100 cm³/mol. The Labute approximate surface area is 152 Å². The van der Waals surface area contributed by atoms with Crippen LogP contribution in [-0.4, -0.2) is 22.3 Å². The molecule has 26 heavy (non-hydrogen) atoms. The first-order valence-electron chi connectivity index (χ1n) is 9.55. The molecule has 2 N–H and O–H groups in total. The van der Waals surface area contributed by atoms with E-state index in [0.29, 0.717) is 11.8 Å². The summed E-state index contributed by atoms with van der Waals surface area (Å²) in [5.41, 5.74) is 5.13. The van der Waals surface area contributed by atoms with E-state index in [1.165, 1.54) is 41.5 Å². The minimum atomic E-state index is 0.283. The van der Waals surface area contributed by atoms with Crippen molar-refractivity contribution >= 4 is 16.6 Å². The summed E-state index contributed by atoms with van der Waals surface area (Å²) in [5, 5.41) is 12.6. The first kappa shape index (κ1) is 14.6. The third-order valence-corrected chi connectivity index (χ3v) is 7.05. The molecular formula is C21H22N4O. The molecule has 0 saturated heterocycles. The molecule has 1 aliphatic heterocycles. The zero-order chi connectivity index (χ0) is 17.3. The van der Waals surface area contributed by atoms with Gasteiger partial charge in [0.2, 0.25) is 0 Å². The van der Waals surface area contributed by atoms with Gasteiger partial charge in [-0.2, -0.15) is 5.10 Å². The normalized spacial score (nSPS) is 31.5. The maximum atomic E-state index is 5.66. The molecule has 2 aromatic heterocycles. The number of pyridine rings is 1. The fraction of sp³-hybridized carbons (Fsp3) is 0.429. The molecule has 0 radical (unpaired) electrons. The van der Waals surface area contributed by atoms with Crippen molar-refractivity contribution in [3.05, 3.63) is 47.9 Å². The van der Waals surface area contributed by atoms with Gasteiger partial charge in [0.15, 0.2) is 0 Å². The van der Waals surface area contributed by atoms with Crippen LogP contribution in [-0.2, 0) is 0 Å². The van der Waals surface area contributed by atoms with Crippen molar-refractivity contribution in [3.63, 3.8) is 0 Å². The number of aromatic nitrogens is 3. The van der Waals surface area contributed by atoms with Gasteiger partial charge in [-0.15, -0.1) is 0 Å². The topological polar surface area (TPSA) is 62.8 Å². The number of rotatable bonds is 2. The van der Waals surface area contributed by atoms with Gasteiger partial charge >= 0.3 is 0 Å². The van der Waals surface area contributed by atoms with Crippen LogP contribution in [0.15, 0.2) is 36.8 Å². The fourth-order valence-electron chi connectivity index (χ4n) is 6.14. The van der Waals surface area contributed by atoms with Crippen molar-refractivity contribution in [1.82, 2.24) is 15.2 Å². The smallest absolute Gasteiger partial charge is 0.142 e. The van der Waals surface area contributed by atoms with Crippen LogP contribution in [0.25, 0.3) is 10.9 Å². The molecule has 3 aliphatic rings. The van der Waals surface area contributed by atoms with Crippen LogP contribution >= 0.6 is 0 Å². The van der Waals surface area contributed by atoms with Gasteiger partial charge in [0.1, 0.15) is 5.75 Å².